The fourth-order valence-corrected chi connectivity index (χ4v) is 3.55. The number of carbonyl (C=O) groups excluding carboxylic acids is 2. The summed E-state index contributed by atoms with van der Waals surface area (Å²) in [5, 5.41) is 0. The van der Waals surface area contributed by atoms with Crippen LogP contribution < -0.4 is 11.3 Å². The molecule has 0 radical (unpaired) electrons. The molecule has 1 aromatic heterocycles. The van der Waals surface area contributed by atoms with Crippen LogP contribution >= 0.6 is 0 Å². The van der Waals surface area contributed by atoms with Gasteiger partial charge in [0.15, 0.2) is 0 Å². The molecule has 21 heavy (non-hydrogen) atoms. The van der Waals surface area contributed by atoms with Crippen molar-refractivity contribution < 1.29 is 9.59 Å². The van der Waals surface area contributed by atoms with E-state index in [-0.39, 0.29) is 30.2 Å². The highest BCUT2D eigenvalue weighted by Crippen LogP contribution is 2.44. The fourth-order valence-electron chi connectivity index (χ4n) is 3.55. The van der Waals surface area contributed by atoms with E-state index in [4.69, 9.17) is 5.84 Å². The molecule has 1 saturated carbocycles. The minimum absolute atomic E-state index is 0.0345. The van der Waals surface area contributed by atoms with E-state index in [2.05, 4.69) is 17.3 Å². The molecule has 2 fully saturated rings. The Bertz CT molecular complexity index is 551. The van der Waals surface area contributed by atoms with Crippen molar-refractivity contribution in [2.45, 2.75) is 32.7 Å². The average Bonchev–Trinajstić information content (AvgIpc) is 3.03. The molecule has 2 aliphatic rings. The maximum absolute atomic E-state index is 12.5. The lowest BCUT2D eigenvalue weighted by Crippen LogP contribution is -2.32. The molecule has 1 aromatic rings. The third kappa shape index (κ3) is 2.29. The standard InChI is InChI=1S/C15H20N4O2/c1-2-9-6-11-12(7-9)15(21)19(14(11)20)8-10-4-3-5-17-13(10)18-16/h3-5,9,11-12H,2,6-8,16H2,1H3,(H,17,18). The zero-order valence-electron chi connectivity index (χ0n) is 12.1. The van der Waals surface area contributed by atoms with Crippen LogP contribution in [0.4, 0.5) is 5.82 Å². The van der Waals surface area contributed by atoms with E-state index in [9.17, 15) is 9.59 Å². The Morgan fingerprint density at radius 3 is 2.57 bits per heavy atom. The van der Waals surface area contributed by atoms with Crippen LogP contribution in [-0.2, 0) is 16.1 Å². The van der Waals surface area contributed by atoms with Crippen LogP contribution in [0.3, 0.4) is 0 Å². The molecule has 2 unspecified atom stereocenters. The third-order valence-corrected chi connectivity index (χ3v) is 4.76. The highest BCUT2D eigenvalue weighted by molar-refractivity contribution is 6.05. The number of hydrazine groups is 1. The number of pyridine rings is 1. The Kier molecular flexibility index (Phi) is 3.63. The first-order chi connectivity index (χ1) is 10.2. The van der Waals surface area contributed by atoms with Gasteiger partial charge in [0.05, 0.1) is 18.4 Å². The summed E-state index contributed by atoms with van der Waals surface area (Å²) in [5.41, 5.74) is 3.26. The summed E-state index contributed by atoms with van der Waals surface area (Å²) in [5.74, 6) is 6.13. The molecule has 0 bridgehead atoms. The summed E-state index contributed by atoms with van der Waals surface area (Å²) >= 11 is 0. The largest absolute Gasteiger partial charge is 0.308 e. The van der Waals surface area contributed by atoms with Gasteiger partial charge in [0.25, 0.3) is 0 Å². The number of imide groups is 1. The Hall–Kier alpha value is -1.95. The maximum Gasteiger partial charge on any atom is 0.233 e. The van der Waals surface area contributed by atoms with Gasteiger partial charge in [-0.05, 0) is 24.8 Å². The predicted molar refractivity (Wildman–Crippen MR) is 77.6 cm³/mol. The molecular formula is C15H20N4O2. The number of amides is 2. The lowest BCUT2D eigenvalue weighted by atomic mass is 10.00. The minimum Gasteiger partial charge on any atom is -0.308 e. The van der Waals surface area contributed by atoms with Crippen molar-refractivity contribution >= 4 is 17.6 Å². The Balaban J connectivity index is 1.79. The van der Waals surface area contributed by atoms with Gasteiger partial charge in [-0.1, -0.05) is 19.4 Å². The second kappa shape index (κ2) is 5.44. The van der Waals surface area contributed by atoms with Crippen molar-refractivity contribution in [1.82, 2.24) is 9.88 Å². The van der Waals surface area contributed by atoms with Crippen LogP contribution in [0.25, 0.3) is 0 Å². The molecule has 112 valence electrons. The minimum atomic E-state index is -0.117. The molecule has 6 nitrogen and oxygen atoms in total. The van der Waals surface area contributed by atoms with Crippen molar-refractivity contribution in [3.8, 4) is 0 Å². The number of anilines is 1. The number of nitrogens with zero attached hydrogens (tertiary/aromatic N) is 2. The van der Waals surface area contributed by atoms with Crippen LogP contribution in [0.1, 0.15) is 31.7 Å². The Morgan fingerprint density at radius 1 is 1.33 bits per heavy atom. The van der Waals surface area contributed by atoms with Gasteiger partial charge in [-0.15, -0.1) is 0 Å². The first-order valence-electron chi connectivity index (χ1n) is 7.41. The second-order valence-corrected chi connectivity index (χ2v) is 5.88. The third-order valence-electron chi connectivity index (χ3n) is 4.76. The van der Waals surface area contributed by atoms with Crippen molar-refractivity contribution in [1.29, 1.82) is 0 Å². The van der Waals surface area contributed by atoms with Gasteiger partial charge in [-0.25, -0.2) is 10.8 Å². The van der Waals surface area contributed by atoms with E-state index < -0.39 is 0 Å². The van der Waals surface area contributed by atoms with E-state index in [1.54, 1.807) is 12.3 Å². The molecule has 0 spiro atoms. The summed E-state index contributed by atoms with van der Waals surface area (Å²) in [6, 6.07) is 3.60. The highest BCUT2D eigenvalue weighted by atomic mass is 16.2. The molecule has 2 atom stereocenters. The number of fused-ring (bicyclic) bond motifs is 1. The van der Waals surface area contributed by atoms with Crippen LogP contribution in [-0.4, -0.2) is 21.7 Å². The van der Waals surface area contributed by atoms with E-state index in [1.165, 1.54) is 4.90 Å². The zero-order chi connectivity index (χ0) is 15.0. The summed E-state index contributed by atoms with van der Waals surface area (Å²) in [4.78, 5) is 30.5. The first-order valence-corrected chi connectivity index (χ1v) is 7.41. The molecular weight excluding hydrogens is 268 g/mol. The number of hydrogen-bond acceptors (Lipinski definition) is 5. The van der Waals surface area contributed by atoms with Crippen LogP contribution in [0.5, 0.6) is 0 Å². The molecule has 3 N–H and O–H groups in total. The lowest BCUT2D eigenvalue weighted by molar-refractivity contribution is -0.141. The quantitative estimate of drug-likeness (QED) is 0.495. The summed E-state index contributed by atoms with van der Waals surface area (Å²) < 4.78 is 0. The summed E-state index contributed by atoms with van der Waals surface area (Å²) in [7, 11) is 0. The van der Waals surface area contributed by atoms with Gasteiger partial charge in [-0.2, -0.15) is 0 Å². The van der Waals surface area contributed by atoms with Gasteiger partial charge < -0.3 is 5.43 Å². The van der Waals surface area contributed by atoms with Gasteiger partial charge in [0.1, 0.15) is 5.82 Å². The number of nitrogen functional groups attached to an aromatic ring is 1. The first kappa shape index (κ1) is 14.0. The number of likely N-dealkylation sites (tertiary alicyclic amines) is 1. The van der Waals surface area contributed by atoms with Crippen molar-refractivity contribution in [2.75, 3.05) is 5.43 Å². The van der Waals surface area contributed by atoms with Crippen LogP contribution in [0, 0.1) is 17.8 Å². The molecule has 3 rings (SSSR count). The second-order valence-electron chi connectivity index (χ2n) is 5.88. The lowest BCUT2D eigenvalue weighted by Gasteiger charge is -2.18. The SMILES string of the molecule is CCC1CC2C(=O)N(Cc3cccnc3NN)C(=O)C2C1. The van der Waals surface area contributed by atoms with Crippen LogP contribution in [0.15, 0.2) is 18.3 Å². The summed E-state index contributed by atoms with van der Waals surface area (Å²) in [6.07, 6.45) is 4.35. The highest BCUT2D eigenvalue weighted by Gasteiger charge is 2.52. The van der Waals surface area contributed by atoms with Crippen molar-refractivity contribution in [3.63, 3.8) is 0 Å². The Labute approximate surface area is 123 Å². The number of aromatic nitrogens is 1. The molecule has 1 aliphatic heterocycles. The van der Waals surface area contributed by atoms with Crippen molar-refractivity contribution in [3.05, 3.63) is 23.9 Å². The normalized spacial score (nSPS) is 28.1. The van der Waals surface area contributed by atoms with E-state index in [1.807, 2.05) is 6.07 Å². The fraction of sp³-hybridized carbons (Fsp3) is 0.533. The topological polar surface area (TPSA) is 88.3 Å². The Morgan fingerprint density at radius 2 is 2.00 bits per heavy atom. The van der Waals surface area contributed by atoms with E-state index >= 15 is 0 Å². The van der Waals surface area contributed by atoms with Gasteiger partial charge in [0.2, 0.25) is 11.8 Å². The molecule has 0 aromatic carbocycles. The molecule has 1 saturated heterocycles. The monoisotopic (exact) mass is 288 g/mol. The number of nitrogens with two attached hydrogens (primary N) is 1. The van der Waals surface area contributed by atoms with Crippen LogP contribution in [0.2, 0.25) is 0 Å². The zero-order valence-corrected chi connectivity index (χ0v) is 12.1. The van der Waals surface area contributed by atoms with Crippen molar-refractivity contribution in [2.24, 2.45) is 23.6 Å². The number of hydrogen-bond donors (Lipinski definition) is 2. The van der Waals surface area contributed by atoms with Gasteiger partial charge in [0, 0.05) is 11.8 Å². The number of nitrogens with one attached hydrogen (secondary N) is 1. The smallest absolute Gasteiger partial charge is 0.233 e. The number of carbonyl (C=O) groups is 2. The summed E-state index contributed by atoms with van der Waals surface area (Å²) in [6.45, 7) is 2.36. The molecule has 2 amide bonds. The van der Waals surface area contributed by atoms with E-state index in [0.29, 0.717) is 11.7 Å². The molecule has 1 aliphatic carbocycles. The van der Waals surface area contributed by atoms with E-state index in [0.717, 1.165) is 24.8 Å². The molecule has 2 heterocycles. The van der Waals surface area contributed by atoms with Gasteiger partial charge in [-0.3, -0.25) is 14.5 Å². The number of rotatable bonds is 4. The van der Waals surface area contributed by atoms with Gasteiger partial charge >= 0.3 is 0 Å². The average molecular weight is 288 g/mol. The predicted octanol–water partition coefficient (Wildman–Crippen LogP) is 1.29. The molecule has 6 heteroatoms. The maximum atomic E-state index is 12.5.